The van der Waals surface area contributed by atoms with Crippen molar-refractivity contribution >= 4 is 49.6 Å². The van der Waals surface area contributed by atoms with E-state index in [1.165, 1.54) is 30.3 Å². The van der Waals surface area contributed by atoms with Gasteiger partial charge in [-0.1, -0.05) is 36.4 Å². The second-order valence-electron chi connectivity index (χ2n) is 9.51. The maximum atomic E-state index is 11.8. The highest BCUT2D eigenvalue weighted by Crippen LogP contribution is 2.34. The summed E-state index contributed by atoms with van der Waals surface area (Å²) in [5, 5.41) is 36.9. The standard InChI is InChI=1S/C31H24N4O6S/c1-18-15-20(7-10-26(18)33-32-22-9-13-29(36)25(17-22)31(37)38)21-8-11-27(19(2)16-21)34-35-28-12-14-30(42(39,40)41)24-6-4-3-5-23(24)28/h3-17,36H,1-2H3,(H,37,38)(H,39,40,41). The lowest BCUT2D eigenvalue weighted by molar-refractivity contribution is 0.0693. The lowest BCUT2D eigenvalue weighted by Crippen LogP contribution is -1.98. The molecule has 0 unspecified atom stereocenters. The summed E-state index contributed by atoms with van der Waals surface area (Å²) < 4.78 is 33.1. The zero-order valence-corrected chi connectivity index (χ0v) is 23.2. The number of aromatic hydroxyl groups is 1. The number of nitrogens with zero attached hydrogens (tertiary/aromatic N) is 4. The summed E-state index contributed by atoms with van der Waals surface area (Å²) >= 11 is 0. The Balaban J connectivity index is 1.38. The van der Waals surface area contributed by atoms with Gasteiger partial charge in [0, 0.05) is 10.8 Å². The molecule has 0 saturated heterocycles. The zero-order chi connectivity index (χ0) is 30.0. The lowest BCUT2D eigenvalue weighted by atomic mass is 10.0. The van der Waals surface area contributed by atoms with E-state index in [2.05, 4.69) is 20.5 Å². The molecule has 11 heteroatoms. The summed E-state index contributed by atoms with van der Waals surface area (Å²) in [4.78, 5) is 11.1. The number of aryl methyl sites for hydroxylation is 2. The summed E-state index contributed by atoms with van der Waals surface area (Å²) in [5.41, 5.74) is 5.39. The van der Waals surface area contributed by atoms with E-state index in [1.54, 1.807) is 24.3 Å². The molecule has 0 saturated carbocycles. The van der Waals surface area contributed by atoms with Gasteiger partial charge in [0.25, 0.3) is 10.1 Å². The first-order valence-electron chi connectivity index (χ1n) is 12.6. The predicted octanol–water partition coefficient (Wildman–Crippen LogP) is 8.60. The maximum absolute atomic E-state index is 11.8. The molecular formula is C31H24N4O6S. The van der Waals surface area contributed by atoms with E-state index < -0.39 is 16.1 Å². The van der Waals surface area contributed by atoms with Gasteiger partial charge in [-0.25, -0.2) is 4.79 Å². The van der Waals surface area contributed by atoms with Gasteiger partial charge in [0.15, 0.2) is 0 Å². The molecule has 5 aromatic rings. The van der Waals surface area contributed by atoms with Crippen LogP contribution in [0.1, 0.15) is 21.5 Å². The first kappa shape index (κ1) is 28.3. The quantitative estimate of drug-likeness (QED) is 0.129. The van der Waals surface area contributed by atoms with Gasteiger partial charge in [-0.2, -0.15) is 23.8 Å². The second-order valence-corrected chi connectivity index (χ2v) is 10.9. The van der Waals surface area contributed by atoms with E-state index in [-0.39, 0.29) is 16.2 Å². The lowest BCUT2D eigenvalue weighted by Gasteiger charge is -2.08. The van der Waals surface area contributed by atoms with E-state index in [9.17, 15) is 28.0 Å². The molecule has 42 heavy (non-hydrogen) atoms. The molecule has 0 heterocycles. The van der Waals surface area contributed by atoms with Crippen LogP contribution in [0.15, 0.2) is 116 Å². The van der Waals surface area contributed by atoms with Crippen molar-refractivity contribution < 1.29 is 28.0 Å². The van der Waals surface area contributed by atoms with Crippen LogP contribution in [0.25, 0.3) is 21.9 Å². The van der Waals surface area contributed by atoms with E-state index in [4.69, 9.17) is 0 Å². The molecule has 0 aliphatic carbocycles. The molecule has 0 aliphatic rings. The number of hydrogen-bond acceptors (Lipinski definition) is 8. The molecule has 0 aromatic heterocycles. The number of carbonyl (C=O) groups is 1. The molecule has 5 aromatic carbocycles. The van der Waals surface area contributed by atoms with Crippen LogP contribution >= 0.6 is 0 Å². The molecule has 0 fully saturated rings. The van der Waals surface area contributed by atoms with Crippen molar-refractivity contribution in [1.82, 2.24) is 0 Å². The number of rotatable bonds is 7. The van der Waals surface area contributed by atoms with Crippen molar-refractivity contribution in [3.05, 3.63) is 108 Å². The van der Waals surface area contributed by atoms with Gasteiger partial charge in [-0.15, -0.1) is 5.11 Å². The molecule has 0 amide bonds. The minimum Gasteiger partial charge on any atom is -0.507 e. The first-order chi connectivity index (χ1) is 20.0. The van der Waals surface area contributed by atoms with Gasteiger partial charge < -0.3 is 10.2 Å². The highest BCUT2D eigenvalue weighted by molar-refractivity contribution is 7.86. The van der Waals surface area contributed by atoms with E-state index in [0.717, 1.165) is 22.3 Å². The van der Waals surface area contributed by atoms with Crippen molar-refractivity contribution in [2.75, 3.05) is 0 Å². The van der Waals surface area contributed by atoms with Crippen LogP contribution in [0.2, 0.25) is 0 Å². The number of phenols is 1. The SMILES string of the molecule is Cc1cc(-c2ccc(N=Nc3ccc(S(=O)(=O)O)c4ccccc34)c(C)c2)ccc1N=Nc1ccc(O)c(C(=O)O)c1. The third kappa shape index (κ3) is 5.92. The number of benzene rings is 5. The third-order valence-corrected chi connectivity index (χ3v) is 7.53. The number of azo groups is 2. The van der Waals surface area contributed by atoms with Crippen LogP contribution in [0.5, 0.6) is 5.75 Å². The fourth-order valence-corrected chi connectivity index (χ4v) is 5.13. The van der Waals surface area contributed by atoms with Crippen LogP contribution < -0.4 is 0 Å². The first-order valence-corrected chi connectivity index (χ1v) is 14.1. The highest BCUT2D eigenvalue weighted by Gasteiger charge is 2.16. The molecule has 0 spiro atoms. The Morgan fingerprint density at radius 2 is 1.21 bits per heavy atom. The van der Waals surface area contributed by atoms with Crippen LogP contribution in [0.4, 0.5) is 22.7 Å². The smallest absolute Gasteiger partial charge is 0.339 e. The van der Waals surface area contributed by atoms with Crippen molar-refractivity contribution in [2.24, 2.45) is 20.5 Å². The summed E-state index contributed by atoms with van der Waals surface area (Å²) in [6, 6.07) is 25.0. The van der Waals surface area contributed by atoms with Crippen LogP contribution in [-0.4, -0.2) is 29.2 Å². The van der Waals surface area contributed by atoms with Crippen molar-refractivity contribution in [3.8, 4) is 16.9 Å². The van der Waals surface area contributed by atoms with Crippen LogP contribution in [0, 0.1) is 13.8 Å². The Hall–Kier alpha value is -5.26. The number of carboxylic acid groups (broad SMARTS) is 1. The van der Waals surface area contributed by atoms with Gasteiger partial charge in [0.05, 0.1) is 22.7 Å². The monoisotopic (exact) mass is 580 g/mol. The summed E-state index contributed by atoms with van der Waals surface area (Å²) in [6.07, 6.45) is 0. The minimum absolute atomic E-state index is 0.187. The average Bonchev–Trinajstić information content (AvgIpc) is 2.95. The molecule has 3 N–H and O–H groups in total. The molecule has 0 radical (unpaired) electrons. The Morgan fingerprint density at radius 3 is 1.79 bits per heavy atom. The molecule has 5 rings (SSSR count). The van der Waals surface area contributed by atoms with Gasteiger partial charge >= 0.3 is 5.97 Å². The molecule has 0 aliphatic heterocycles. The fraction of sp³-hybridized carbons (Fsp3) is 0.0645. The Morgan fingerprint density at radius 1 is 0.667 bits per heavy atom. The zero-order valence-electron chi connectivity index (χ0n) is 22.4. The Bertz CT molecular complexity index is 2040. The van der Waals surface area contributed by atoms with Crippen molar-refractivity contribution in [1.29, 1.82) is 0 Å². The van der Waals surface area contributed by atoms with E-state index >= 15 is 0 Å². The van der Waals surface area contributed by atoms with E-state index in [1.807, 2.05) is 50.2 Å². The number of carboxylic acids is 1. The van der Waals surface area contributed by atoms with Gasteiger partial charge in [0.2, 0.25) is 0 Å². The molecule has 0 atom stereocenters. The van der Waals surface area contributed by atoms with Crippen molar-refractivity contribution in [2.45, 2.75) is 18.7 Å². The third-order valence-electron chi connectivity index (χ3n) is 6.62. The second kappa shape index (κ2) is 11.3. The largest absolute Gasteiger partial charge is 0.507 e. The summed E-state index contributed by atoms with van der Waals surface area (Å²) in [6.45, 7) is 3.81. The summed E-state index contributed by atoms with van der Waals surface area (Å²) in [5.74, 6) is -1.59. The topological polar surface area (TPSA) is 161 Å². The molecule has 10 nitrogen and oxygen atoms in total. The Kier molecular flexibility index (Phi) is 7.62. The average molecular weight is 581 g/mol. The normalized spacial score (nSPS) is 12.0. The maximum Gasteiger partial charge on any atom is 0.339 e. The molecule has 0 bridgehead atoms. The van der Waals surface area contributed by atoms with Gasteiger partial charge in [-0.3, -0.25) is 4.55 Å². The van der Waals surface area contributed by atoms with Crippen LogP contribution in [0.3, 0.4) is 0 Å². The van der Waals surface area contributed by atoms with E-state index in [0.29, 0.717) is 33.5 Å². The van der Waals surface area contributed by atoms with Crippen LogP contribution in [-0.2, 0) is 10.1 Å². The number of hydrogen-bond donors (Lipinski definition) is 3. The number of fused-ring (bicyclic) bond motifs is 1. The van der Waals surface area contributed by atoms with Gasteiger partial charge in [0.1, 0.15) is 16.2 Å². The molecule has 210 valence electrons. The van der Waals surface area contributed by atoms with Gasteiger partial charge in [-0.05, 0) is 90.7 Å². The molecular weight excluding hydrogens is 556 g/mol. The Labute approximate surface area is 241 Å². The predicted molar refractivity (Wildman–Crippen MR) is 159 cm³/mol. The summed E-state index contributed by atoms with van der Waals surface area (Å²) in [7, 11) is -4.39. The van der Waals surface area contributed by atoms with Crippen molar-refractivity contribution in [3.63, 3.8) is 0 Å². The highest BCUT2D eigenvalue weighted by atomic mass is 32.2. The fourth-order valence-electron chi connectivity index (χ4n) is 4.44. The minimum atomic E-state index is -4.39. The number of aromatic carboxylic acids is 1.